The predicted octanol–water partition coefficient (Wildman–Crippen LogP) is 3.42. The van der Waals surface area contributed by atoms with Gasteiger partial charge in [0.15, 0.2) is 0 Å². The average Bonchev–Trinajstić information content (AvgIpc) is 2.82. The van der Waals surface area contributed by atoms with Crippen LogP contribution in [0.5, 0.6) is 0 Å². The average molecular weight is 508 g/mol. The van der Waals surface area contributed by atoms with E-state index in [4.69, 9.17) is 4.74 Å². The van der Waals surface area contributed by atoms with Crippen molar-refractivity contribution < 1.29 is 31.9 Å². The van der Waals surface area contributed by atoms with Gasteiger partial charge < -0.3 is 14.4 Å². The number of carbonyl (C=O) groups is 2. The molecule has 11 heteroatoms. The van der Waals surface area contributed by atoms with Crippen LogP contribution in [0.2, 0.25) is 0 Å². The van der Waals surface area contributed by atoms with Crippen molar-refractivity contribution in [3.05, 3.63) is 65.5 Å². The third kappa shape index (κ3) is 6.49. The summed E-state index contributed by atoms with van der Waals surface area (Å²) >= 11 is 0. The smallest absolute Gasteiger partial charge is 0.410 e. The SMILES string of the molecule is COC(=O)c1ccc(CN(c2ccccc2)S(=O)(=O)N2CCN(C(=O)OC(C)(C)C)CC2)c(F)c1. The maximum absolute atomic E-state index is 14.8. The summed E-state index contributed by atoms with van der Waals surface area (Å²) in [5.74, 6) is -1.41. The van der Waals surface area contributed by atoms with Crippen LogP contribution in [0.25, 0.3) is 0 Å². The van der Waals surface area contributed by atoms with Gasteiger partial charge in [-0.15, -0.1) is 0 Å². The molecule has 2 aromatic rings. The number of rotatable bonds is 6. The van der Waals surface area contributed by atoms with Crippen LogP contribution < -0.4 is 4.31 Å². The minimum absolute atomic E-state index is 0.0288. The van der Waals surface area contributed by atoms with Gasteiger partial charge in [0.2, 0.25) is 0 Å². The minimum atomic E-state index is -4.08. The molecule has 0 N–H and O–H groups in total. The first-order valence-corrected chi connectivity index (χ1v) is 12.5. The van der Waals surface area contributed by atoms with Crippen LogP contribution in [-0.4, -0.2) is 68.6 Å². The Hall–Kier alpha value is -3.18. The van der Waals surface area contributed by atoms with Gasteiger partial charge in [-0.25, -0.2) is 14.0 Å². The van der Waals surface area contributed by atoms with Crippen molar-refractivity contribution in [3.8, 4) is 0 Å². The van der Waals surface area contributed by atoms with E-state index in [1.54, 1.807) is 51.1 Å². The molecule has 0 saturated carbocycles. The molecule has 35 heavy (non-hydrogen) atoms. The molecule has 0 aliphatic carbocycles. The summed E-state index contributed by atoms with van der Waals surface area (Å²) in [6.45, 7) is 5.47. The van der Waals surface area contributed by atoms with Crippen LogP contribution in [0, 0.1) is 5.82 Å². The number of carbonyl (C=O) groups excluding carboxylic acids is 2. The molecule has 1 aliphatic rings. The maximum atomic E-state index is 14.8. The third-order valence-corrected chi connectivity index (χ3v) is 7.24. The number of nitrogens with zero attached hydrogens (tertiary/aromatic N) is 3. The summed E-state index contributed by atoms with van der Waals surface area (Å²) in [7, 11) is -2.88. The van der Waals surface area contributed by atoms with Gasteiger partial charge in [0.1, 0.15) is 11.4 Å². The molecule has 9 nitrogen and oxygen atoms in total. The van der Waals surface area contributed by atoms with Gasteiger partial charge in [-0.05, 0) is 45.0 Å². The lowest BCUT2D eigenvalue weighted by molar-refractivity contribution is 0.0192. The largest absolute Gasteiger partial charge is 0.465 e. The van der Waals surface area contributed by atoms with E-state index in [0.717, 1.165) is 10.4 Å². The number of benzene rings is 2. The number of esters is 1. The van der Waals surface area contributed by atoms with Gasteiger partial charge in [-0.2, -0.15) is 12.7 Å². The highest BCUT2D eigenvalue weighted by Gasteiger charge is 2.35. The lowest BCUT2D eigenvalue weighted by atomic mass is 10.1. The van der Waals surface area contributed by atoms with E-state index in [2.05, 4.69) is 4.74 Å². The fourth-order valence-corrected chi connectivity index (χ4v) is 5.14. The molecular weight excluding hydrogens is 477 g/mol. The van der Waals surface area contributed by atoms with Crippen molar-refractivity contribution in [1.29, 1.82) is 0 Å². The molecule has 0 spiro atoms. The van der Waals surface area contributed by atoms with Gasteiger partial charge >= 0.3 is 22.3 Å². The van der Waals surface area contributed by atoms with Crippen molar-refractivity contribution in [2.24, 2.45) is 0 Å². The fraction of sp³-hybridized carbons (Fsp3) is 0.417. The molecule has 190 valence electrons. The molecule has 1 saturated heterocycles. The zero-order chi connectivity index (χ0) is 25.8. The fourth-order valence-electron chi connectivity index (χ4n) is 3.54. The third-order valence-electron chi connectivity index (χ3n) is 5.33. The zero-order valence-corrected chi connectivity index (χ0v) is 21.0. The van der Waals surface area contributed by atoms with Crippen LogP contribution in [0.3, 0.4) is 0 Å². The number of methoxy groups -OCH3 is 1. The molecule has 0 unspecified atom stereocenters. The Morgan fingerprint density at radius 3 is 2.20 bits per heavy atom. The number of piperazine rings is 1. The van der Waals surface area contributed by atoms with Crippen molar-refractivity contribution >= 4 is 28.0 Å². The highest BCUT2D eigenvalue weighted by Crippen LogP contribution is 2.26. The number of halogens is 1. The number of hydrogen-bond acceptors (Lipinski definition) is 6. The first kappa shape index (κ1) is 26.4. The monoisotopic (exact) mass is 507 g/mol. The van der Waals surface area contributed by atoms with Gasteiger partial charge in [0.25, 0.3) is 0 Å². The van der Waals surface area contributed by atoms with Crippen LogP contribution in [0.1, 0.15) is 36.7 Å². The molecule has 0 radical (unpaired) electrons. The van der Waals surface area contributed by atoms with E-state index in [1.807, 2.05) is 0 Å². The Labute approximate surface area is 205 Å². The molecule has 0 atom stereocenters. The molecule has 1 aliphatic heterocycles. The number of para-hydroxylation sites is 1. The van der Waals surface area contributed by atoms with Crippen molar-refractivity contribution in [3.63, 3.8) is 0 Å². The second-order valence-corrected chi connectivity index (χ2v) is 10.9. The summed E-state index contributed by atoms with van der Waals surface area (Å²) in [5.41, 5.74) is -0.171. The number of amides is 1. The van der Waals surface area contributed by atoms with Crippen LogP contribution in [0.15, 0.2) is 48.5 Å². The van der Waals surface area contributed by atoms with Crippen molar-refractivity contribution in [2.45, 2.75) is 32.9 Å². The summed E-state index contributed by atoms with van der Waals surface area (Å²) < 4.78 is 54.5. The Balaban J connectivity index is 1.83. The van der Waals surface area contributed by atoms with Crippen LogP contribution >= 0.6 is 0 Å². The molecule has 1 heterocycles. The van der Waals surface area contributed by atoms with Gasteiger partial charge in [0.05, 0.1) is 24.9 Å². The maximum Gasteiger partial charge on any atom is 0.410 e. The number of ether oxygens (including phenoxy) is 2. The van der Waals surface area contributed by atoms with E-state index in [9.17, 15) is 22.4 Å². The predicted molar refractivity (Wildman–Crippen MR) is 129 cm³/mol. The molecule has 0 bridgehead atoms. The van der Waals surface area contributed by atoms with E-state index >= 15 is 0 Å². The Morgan fingerprint density at radius 1 is 1.03 bits per heavy atom. The summed E-state index contributed by atoms with van der Waals surface area (Å²) in [6.07, 6.45) is -0.498. The lowest BCUT2D eigenvalue weighted by Crippen LogP contribution is -2.54. The first-order valence-electron chi connectivity index (χ1n) is 11.1. The molecule has 3 rings (SSSR count). The number of anilines is 1. The van der Waals surface area contributed by atoms with Crippen molar-refractivity contribution in [1.82, 2.24) is 9.21 Å². The van der Waals surface area contributed by atoms with Gasteiger partial charge in [-0.1, -0.05) is 24.3 Å². The molecule has 0 aromatic heterocycles. The zero-order valence-electron chi connectivity index (χ0n) is 20.2. The highest BCUT2D eigenvalue weighted by molar-refractivity contribution is 7.90. The molecular formula is C24H30FN3O6S. The summed E-state index contributed by atoms with van der Waals surface area (Å²) in [5, 5.41) is 0. The molecule has 2 aromatic carbocycles. The van der Waals surface area contributed by atoms with Crippen LogP contribution in [0.4, 0.5) is 14.9 Å². The number of hydrogen-bond donors (Lipinski definition) is 0. The molecule has 1 fully saturated rings. The Bertz CT molecular complexity index is 1160. The minimum Gasteiger partial charge on any atom is -0.465 e. The van der Waals surface area contributed by atoms with Gasteiger partial charge in [-0.3, -0.25) is 4.31 Å². The summed E-state index contributed by atoms with van der Waals surface area (Å²) in [6, 6.07) is 12.2. The van der Waals surface area contributed by atoms with E-state index in [-0.39, 0.29) is 43.9 Å². The molecule has 1 amide bonds. The second-order valence-electron chi connectivity index (χ2n) is 9.01. The topological polar surface area (TPSA) is 96.5 Å². The van der Waals surface area contributed by atoms with Crippen molar-refractivity contribution in [2.75, 3.05) is 37.6 Å². The van der Waals surface area contributed by atoms with E-state index in [1.165, 1.54) is 28.4 Å². The van der Waals surface area contributed by atoms with Gasteiger partial charge in [0, 0.05) is 31.7 Å². The van der Waals surface area contributed by atoms with E-state index < -0.39 is 33.7 Å². The highest BCUT2D eigenvalue weighted by atomic mass is 32.2. The van der Waals surface area contributed by atoms with Crippen LogP contribution in [-0.2, 0) is 26.2 Å². The summed E-state index contributed by atoms with van der Waals surface area (Å²) in [4.78, 5) is 25.5. The Kier molecular flexibility index (Phi) is 8.01. The second kappa shape index (κ2) is 10.6. The quantitative estimate of drug-likeness (QED) is 0.556. The Morgan fingerprint density at radius 2 is 1.66 bits per heavy atom. The normalized spacial score (nSPS) is 14.9. The standard InChI is InChI=1S/C24H30FN3O6S/c1-24(2,3)34-23(30)26-12-14-27(15-13-26)35(31,32)28(20-8-6-5-7-9-20)17-19-11-10-18(16-21(19)25)22(29)33-4/h5-11,16H,12-15,17H2,1-4H3. The first-order chi connectivity index (χ1) is 16.4. The van der Waals surface area contributed by atoms with E-state index in [0.29, 0.717) is 5.69 Å². The lowest BCUT2D eigenvalue weighted by Gasteiger charge is -2.37.